The lowest BCUT2D eigenvalue weighted by molar-refractivity contribution is -0.145. The zero-order valence-electron chi connectivity index (χ0n) is 18.4. The van der Waals surface area contributed by atoms with E-state index in [1.807, 2.05) is 37.9 Å². The van der Waals surface area contributed by atoms with Crippen molar-refractivity contribution in [3.05, 3.63) is 29.6 Å². The predicted molar refractivity (Wildman–Crippen MR) is 114 cm³/mol. The molecule has 6 nitrogen and oxygen atoms in total. The van der Waals surface area contributed by atoms with Crippen molar-refractivity contribution in [3.63, 3.8) is 0 Å². The number of nitrogens with zero attached hydrogens (tertiary/aromatic N) is 3. The van der Waals surface area contributed by atoms with Crippen LogP contribution in [0.1, 0.15) is 57.7 Å². The minimum absolute atomic E-state index is 0.0415. The number of hydrogen-bond acceptors (Lipinski definition) is 4. The molecule has 1 saturated carbocycles. The largest absolute Gasteiger partial charge is 0.351 e. The van der Waals surface area contributed by atoms with Crippen molar-refractivity contribution in [1.82, 2.24) is 20.1 Å². The molecule has 1 saturated heterocycles. The minimum atomic E-state index is -0.267. The van der Waals surface area contributed by atoms with Gasteiger partial charge in [0.15, 0.2) is 0 Å². The molecule has 29 heavy (non-hydrogen) atoms. The van der Waals surface area contributed by atoms with Crippen LogP contribution >= 0.6 is 0 Å². The van der Waals surface area contributed by atoms with Crippen LogP contribution in [0.15, 0.2) is 18.3 Å². The Bertz CT molecular complexity index is 720. The fourth-order valence-corrected chi connectivity index (χ4v) is 4.46. The highest BCUT2D eigenvalue weighted by atomic mass is 16.2. The number of aromatic nitrogens is 1. The summed E-state index contributed by atoms with van der Waals surface area (Å²) in [7, 11) is 0. The first-order valence-corrected chi connectivity index (χ1v) is 11.0. The van der Waals surface area contributed by atoms with Crippen LogP contribution in [-0.4, -0.2) is 58.3 Å². The van der Waals surface area contributed by atoms with E-state index >= 15 is 0 Å². The van der Waals surface area contributed by atoms with Gasteiger partial charge in [0, 0.05) is 56.3 Å². The van der Waals surface area contributed by atoms with Crippen molar-refractivity contribution in [3.8, 4) is 0 Å². The summed E-state index contributed by atoms with van der Waals surface area (Å²) in [6, 6.07) is 4.06. The number of carbonyl (C=O) groups excluding carboxylic acids is 2. The summed E-state index contributed by atoms with van der Waals surface area (Å²) in [4.78, 5) is 34.9. The molecule has 0 aromatic carbocycles. The number of piperazine rings is 1. The van der Waals surface area contributed by atoms with Crippen LogP contribution < -0.4 is 5.32 Å². The third-order valence-corrected chi connectivity index (χ3v) is 6.09. The molecule has 3 rings (SSSR count). The Morgan fingerprint density at radius 1 is 1.10 bits per heavy atom. The lowest BCUT2D eigenvalue weighted by Crippen LogP contribution is -2.53. The van der Waals surface area contributed by atoms with Crippen molar-refractivity contribution in [2.24, 2.45) is 11.8 Å². The van der Waals surface area contributed by atoms with E-state index in [2.05, 4.69) is 28.2 Å². The van der Waals surface area contributed by atoms with Crippen LogP contribution in [0.25, 0.3) is 0 Å². The molecule has 160 valence electrons. The third kappa shape index (κ3) is 5.78. The van der Waals surface area contributed by atoms with Gasteiger partial charge in [0.2, 0.25) is 11.8 Å². The first-order chi connectivity index (χ1) is 13.7. The summed E-state index contributed by atoms with van der Waals surface area (Å²) in [5, 5.41) is 3.09. The average molecular weight is 401 g/mol. The molecule has 1 aromatic heterocycles. The Hall–Kier alpha value is -1.95. The number of carbonyl (C=O) groups is 2. The summed E-state index contributed by atoms with van der Waals surface area (Å²) in [6.45, 7) is 12.1. The lowest BCUT2D eigenvalue weighted by Gasteiger charge is -2.39. The number of nitrogens with one attached hydrogen (secondary N) is 1. The Morgan fingerprint density at radius 3 is 2.38 bits per heavy atom. The standard InChI is InChI=1S/C23H36N4O2/c1-17-8-7-11-24-20(17)16-26-12-14-27(15-13-26)22(29)19-10-6-5-9-18(19)21(28)25-23(2,3)4/h7-8,11,18-19H,5-6,9-10,12-16H2,1-4H3,(H,25,28). The monoisotopic (exact) mass is 400 g/mol. The van der Waals surface area contributed by atoms with Crippen LogP contribution in [-0.2, 0) is 16.1 Å². The van der Waals surface area contributed by atoms with Crippen LogP contribution in [0.4, 0.5) is 0 Å². The van der Waals surface area contributed by atoms with Crippen molar-refractivity contribution in [1.29, 1.82) is 0 Å². The van der Waals surface area contributed by atoms with Crippen molar-refractivity contribution in [2.75, 3.05) is 26.2 Å². The fourth-order valence-electron chi connectivity index (χ4n) is 4.46. The molecule has 1 N–H and O–H groups in total. The second-order valence-electron chi connectivity index (χ2n) is 9.61. The lowest BCUT2D eigenvalue weighted by atomic mass is 9.77. The van der Waals surface area contributed by atoms with Crippen molar-refractivity contribution in [2.45, 2.75) is 65.5 Å². The van der Waals surface area contributed by atoms with Crippen LogP contribution in [0.3, 0.4) is 0 Å². The van der Waals surface area contributed by atoms with Crippen LogP contribution in [0.5, 0.6) is 0 Å². The normalized spacial score (nSPS) is 23.7. The molecular formula is C23H36N4O2. The van der Waals surface area contributed by atoms with Crippen LogP contribution in [0.2, 0.25) is 0 Å². The molecule has 6 heteroatoms. The maximum absolute atomic E-state index is 13.3. The van der Waals surface area contributed by atoms with Gasteiger partial charge in [-0.25, -0.2) is 0 Å². The molecule has 2 fully saturated rings. The van der Waals surface area contributed by atoms with E-state index in [0.29, 0.717) is 0 Å². The molecule has 2 heterocycles. The van der Waals surface area contributed by atoms with E-state index in [0.717, 1.165) is 64.1 Å². The molecule has 2 atom stereocenters. The van der Waals surface area contributed by atoms with E-state index in [4.69, 9.17) is 0 Å². The van der Waals surface area contributed by atoms with Gasteiger partial charge in [-0.15, -0.1) is 0 Å². The Labute approximate surface area is 175 Å². The molecule has 1 aromatic rings. The Balaban J connectivity index is 1.57. The first kappa shape index (κ1) is 21.8. The number of amides is 2. The maximum Gasteiger partial charge on any atom is 0.226 e. The van der Waals surface area contributed by atoms with Gasteiger partial charge in [-0.2, -0.15) is 0 Å². The van der Waals surface area contributed by atoms with Gasteiger partial charge in [-0.3, -0.25) is 19.5 Å². The van der Waals surface area contributed by atoms with Crippen molar-refractivity contribution >= 4 is 11.8 Å². The number of rotatable bonds is 4. The van der Waals surface area contributed by atoms with E-state index < -0.39 is 0 Å². The molecule has 0 spiro atoms. The summed E-state index contributed by atoms with van der Waals surface area (Å²) in [5.41, 5.74) is 2.05. The van der Waals surface area contributed by atoms with E-state index in [1.165, 1.54) is 5.56 Å². The molecule has 0 bridgehead atoms. The predicted octanol–water partition coefficient (Wildman–Crippen LogP) is 2.76. The minimum Gasteiger partial charge on any atom is -0.351 e. The summed E-state index contributed by atoms with van der Waals surface area (Å²) in [5.74, 6) is -0.146. The number of pyridine rings is 1. The molecule has 0 radical (unpaired) electrons. The highest BCUT2D eigenvalue weighted by molar-refractivity contribution is 5.88. The zero-order valence-corrected chi connectivity index (χ0v) is 18.4. The maximum atomic E-state index is 13.3. The highest BCUT2D eigenvalue weighted by Crippen LogP contribution is 2.32. The highest BCUT2D eigenvalue weighted by Gasteiger charge is 2.39. The van der Waals surface area contributed by atoms with Gasteiger partial charge >= 0.3 is 0 Å². The van der Waals surface area contributed by atoms with Gasteiger partial charge in [-0.05, 0) is 52.2 Å². The van der Waals surface area contributed by atoms with Gasteiger partial charge in [0.25, 0.3) is 0 Å². The van der Waals surface area contributed by atoms with Gasteiger partial charge in [0.1, 0.15) is 0 Å². The smallest absolute Gasteiger partial charge is 0.226 e. The zero-order chi connectivity index (χ0) is 21.0. The topological polar surface area (TPSA) is 65.5 Å². The fraction of sp³-hybridized carbons (Fsp3) is 0.696. The van der Waals surface area contributed by atoms with Crippen molar-refractivity contribution < 1.29 is 9.59 Å². The molecular weight excluding hydrogens is 364 g/mol. The average Bonchev–Trinajstić information content (AvgIpc) is 2.68. The molecule has 2 unspecified atom stereocenters. The number of hydrogen-bond donors (Lipinski definition) is 1. The van der Waals surface area contributed by atoms with Gasteiger partial charge < -0.3 is 10.2 Å². The summed E-state index contributed by atoms with van der Waals surface area (Å²) in [6.07, 6.45) is 5.55. The quantitative estimate of drug-likeness (QED) is 0.844. The molecule has 1 aliphatic carbocycles. The molecule has 2 amide bonds. The third-order valence-electron chi connectivity index (χ3n) is 6.09. The molecule has 2 aliphatic rings. The first-order valence-electron chi connectivity index (χ1n) is 11.0. The Kier molecular flexibility index (Phi) is 6.93. The summed E-state index contributed by atoms with van der Waals surface area (Å²) < 4.78 is 0. The van der Waals surface area contributed by atoms with Gasteiger partial charge in [0.05, 0.1) is 5.69 Å². The molecule has 1 aliphatic heterocycles. The summed E-state index contributed by atoms with van der Waals surface area (Å²) >= 11 is 0. The second kappa shape index (κ2) is 9.24. The number of aryl methyl sites for hydroxylation is 1. The SMILES string of the molecule is Cc1cccnc1CN1CCN(C(=O)C2CCCCC2C(=O)NC(C)(C)C)CC1. The van der Waals surface area contributed by atoms with E-state index in [-0.39, 0.29) is 29.2 Å². The second-order valence-corrected chi connectivity index (χ2v) is 9.61. The van der Waals surface area contributed by atoms with Gasteiger partial charge in [-0.1, -0.05) is 18.9 Å². The van der Waals surface area contributed by atoms with E-state index in [1.54, 1.807) is 0 Å². The van der Waals surface area contributed by atoms with E-state index in [9.17, 15) is 9.59 Å². The van der Waals surface area contributed by atoms with Crippen LogP contribution in [0, 0.1) is 18.8 Å². The Morgan fingerprint density at radius 2 is 1.76 bits per heavy atom.